The number of rotatable bonds is 4. The third-order valence-electron chi connectivity index (χ3n) is 2.64. The van der Waals surface area contributed by atoms with E-state index in [0.717, 1.165) is 6.07 Å². The molecular formula is C11H11BrN2O5S. The van der Waals surface area contributed by atoms with Gasteiger partial charge in [0.1, 0.15) is 4.90 Å². The predicted molar refractivity (Wildman–Crippen MR) is 73.8 cm³/mol. The van der Waals surface area contributed by atoms with Crippen molar-refractivity contribution in [2.45, 2.75) is 18.7 Å². The molecule has 0 atom stereocenters. The number of aromatic nitrogens is 1. The van der Waals surface area contributed by atoms with Gasteiger partial charge < -0.3 is 9.52 Å². The average Bonchev–Trinajstić information content (AvgIpc) is 2.87. The van der Waals surface area contributed by atoms with Gasteiger partial charge in [-0.2, -0.15) is 8.42 Å². The van der Waals surface area contributed by atoms with Crippen molar-refractivity contribution in [3.05, 3.63) is 40.0 Å². The van der Waals surface area contributed by atoms with Crippen molar-refractivity contribution < 1.29 is 22.7 Å². The van der Waals surface area contributed by atoms with Crippen LogP contribution in [0.25, 0.3) is 0 Å². The molecule has 2 N–H and O–H groups in total. The summed E-state index contributed by atoms with van der Waals surface area (Å²) in [7, 11) is -3.96. The molecule has 0 amide bonds. The van der Waals surface area contributed by atoms with Crippen LogP contribution in [0.4, 0.5) is 0 Å². The van der Waals surface area contributed by atoms with Gasteiger partial charge in [-0.15, -0.1) is 0 Å². The van der Waals surface area contributed by atoms with Crippen LogP contribution in [0.1, 0.15) is 21.9 Å². The molecule has 108 valence electrons. The van der Waals surface area contributed by atoms with E-state index in [1.54, 1.807) is 26.0 Å². The topological polar surface area (TPSA) is 102 Å². The highest BCUT2D eigenvalue weighted by atomic mass is 79.9. The molecular weight excluding hydrogens is 352 g/mol. The molecule has 0 aliphatic rings. The van der Waals surface area contributed by atoms with Gasteiger partial charge in [-0.05, 0) is 41.9 Å². The lowest BCUT2D eigenvalue weighted by Crippen LogP contribution is -2.24. The van der Waals surface area contributed by atoms with Crippen molar-refractivity contribution in [2.75, 3.05) is 4.83 Å². The summed E-state index contributed by atoms with van der Waals surface area (Å²) in [5.41, 5.74) is 1.40. The molecule has 0 aliphatic heterocycles. The van der Waals surface area contributed by atoms with Crippen molar-refractivity contribution in [3.63, 3.8) is 0 Å². The fraction of sp³-hybridized carbons (Fsp3) is 0.182. The minimum atomic E-state index is -3.96. The van der Waals surface area contributed by atoms with Crippen molar-refractivity contribution >= 4 is 31.9 Å². The Hall–Kier alpha value is -1.74. The summed E-state index contributed by atoms with van der Waals surface area (Å²) in [4.78, 5) is 12.9. The molecule has 0 saturated heterocycles. The maximum atomic E-state index is 12.2. The number of aryl methyl sites for hydroxylation is 2. The van der Waals surface area contributed by atoms with E-state index in [0.29, 0.717) is 11.4 Å². The number of carboxylic acid groups (broad SMARTS) is 1. The maximum absolute atomic E-state index is 12.2. The maximum Gasteiger partial charge on any atom is 0.371 e. The van der Waals surface area contributed by atoms with E-state index in [1.807, 2.05) is 0 Å². The normalized spacial score (nSPS) is 11.6. The van der Waals surface area contributed by atoms with Crippen LogP contribution in [0, 0.1) is 13.8 Å². The molecule has 20 heavy (non-hydrogen) atoms. The summed E-state index contributed by atoms with van der Waals surface area (Å²) in [6, 6.07) is 4.46. The molecule has 9 heteroatoms. The third-order valence-corrected chi connectivity index (χ3v) is 4.80. The van der Waals surface area contributed by atoms with Gasteiger partial charge in [-0.25, -0.2) is 9.63 Å². The Kier molecular flexibility index (Phi) is 3.65. The summed E-state index contributed by atoms with van der Waals surface area (Å²) in [6.45, 7) is 3.48. The third kappa shape index (κ3) is 2.59. The number of carboxylic acids is 1. The van der Waals surface area contributed by atoms with E-state index in [2.05, 4.69) is 20.8 Å². The molecule has 2 aromatic heterocycles. The predicted octanol–water partition coefficient (Wildman–Crippen LogP) is 2.09. The first-order chi connectivity index (χ1) is 9.22. The van der Waals surface area contributed by atoms with E-state index < -0.39 is 21.8 Å². The van der Waals surface area contributed by atoms with E-state index >= 15 is 0 Å². The second-order valence-electron chi connectivity index (χ2n) is 4.10. The lowest BCUT2D eigenvalue weighted by atomic mass is 10.5. The van der Waals surface area contributed by atoms with Crippen LogP contribution in [0.5, 0.6) is 0 Å². The number of halogens is 1. The molecule has 2 heterocycles. The van der Waals surface area contributed by atoms with E-state index in [9.17, 15) is 13.2 Å². The fourth-order valence-corrected chi connectivity index (χ4v) is 3.69. The summed E-state index contributed by atoms with van der Waals surface area (Å²) in [6.07, 6.45) is 0. The van der Waals surface area contributed by atoms with Gasteiger partial charge in [0.2, 0.25) is 5.76 Å². The Balaban J connectivity index is 2.43. The van der Waals surface area contributed by atoms with Gasteiger partial charge in [0.15, 0.2) is 4.67 Å². The second-order valence-corrected chi connectivity index (χ2v) is 6.45. The zero-order valence-corrected chi connectivity index (χ0v) is 12.9. The minimum absolute atomic E-state index is 0.162. The Morgan fingerprint density at radius 2 is 1.90 bits per heavy atom. The van der Waals surface area contributed by atoms with E-state index in [1.165, 1.54) is 4.68 Å². The van der Waals surface area contributed by atoms with Gasteiger partial charge in [0, 0.05) is 17.5 Å². The van der Waals surface area contributed by atoms with Gasteiger partial charge in [0.05, 0.1) is 0 Å². The molecule has 2 rings (SSSR count). The van der Waals surface area contributed by atoms with Crippen LogP contribution < -0.4 is 4.83 Å². The highest BCUT2D eigenvalue weighted by molar-refractivity contribution is 9.10. The number of hydrogen-bond donors (Lipinski definition) is 2. The Morgan fingerprint density at radius 1 is 1.35 bits per heavy atom. The number of aromatic carboxylic acids is 1. The zero-order valence-electron chi connectivity index (χ0n) is 10.5. The summed E-state index contributed by atoms with van der Waals surface area (Å²) >= 11 is 2.90. The second kappa shape index (κ2) is 4.98. The fourth-order valence-electron chi connectivity index (χ4n) is 1.62. The number of sulfonamides is 1. The SMILES string of the molecule is Cc1ccc(C)n1NS(=O)(=O)c1cc(C(=O)O)oc1Br. The number of furan rings is 1. The van der Waals surface area contributed by atoms with Crippen molar-refractivity contribution in [1.82, 2.24) is 4.68 Å². The van der Waals surface area contributed by atoms with Gasteiger partial charge >= 0.3 is 5.97 Å². The molecule has 0 fully saturated rings. The van der Waals surface area contributed by atoms with Gasteiger partial charge in [-0.3, -0.25) is 4.68 Å². The van der Waals surface area contributed by atoms with E-state index in [-0.39, 0.29) is 9.56 Å². The van der Waals surface area contributed by atoms with Gasteiger partial charge in [0.25, 0.3) is 10.0 Å². The summed E-state index contributed by atoms with van der Waals surface area (Å²) in [5, 5.41) is 8.80. The molecule has 0 bridgehead atoms. The number of hydrogen-bond acceptors (Lipinski definition) is 4. The van der Waals surface area contributed by atoms with Crippen LogP contribution in [0.3, 0.4) is 0 Å². The highest BCUT2D eigenvalue weighted by Crippen LogP contribution is 2.26. The monoisotopic (exact) mass is 362 g/mol. The Morgan fingerprint density at radius 3 is 2.35 bits per heavy atom. The number of nitrogens with one attached hydrogen (secondary N) is 1. The van der Waals surface area contributed by atoms with Crippen LogP contribution in [-0.2, 0) is 10.0 Å². The molecule has 7 nitrogen and oxygen atoms in total. The van der Waals surface area contributed by atoms with Crippen LogP contribution in [-0.4, -0.2) is 24.2 Å². The summed E-state index contributed by atoms with van der Waals surface area (Å²) in [5.74, 6) is -1.81. The zero-order chi connectivity index (χ0) is 15.1. The van der Waals surface area contributed by atoms with Crippen LogP contribution in [0.15, 0.2) is 32.2 Å². The average molecular weight is 363 g/mol. The van der Waals surface area contributed by atoms with Crippen molar-refractivity contribution in [1.29, 1.82) is 0 Å². The molecule has 0 radical (unpaired) electrons. The molecule has 2 aromatic rings. The Labute approximate surface area is 123 Å². The van der Waals surface area contributed by atoms with Gasteiger partial charge in [-0.1, -0.05) is 0 Å². The molecule has 0 spiro atoms. The number of nitrogens with zero attached hydrogens (tertiary/aromatic N) is 1. The first kappa shape index (κ1) is 14.7. The Bertz CT molecular complexity index is 755. The summed E-state index contributed by atoms with van der Waals surface area (Å²) < 4.78 is 30.5. The lowest BCUT2D eigenvalue weighted by Gasteiger charge is -2.12. The van der Waals surface area contributed by atoms with Crippen molar-refractivity contribution in [3.8, 4) is 0 Å². The molecule has 0 saturated carbocycles. The standard InChI is InChI=1S/C11H11BrN2O5S/c1-6-3-4-7(2)14(6)13-20(17,18)9-5-8(11(15)16)19-10(9)12/h3-5,13H,1-2H3,(H,15,16). The first-order valence-corrected chi connectivity index (χ1v) is 7.70. The van der Waals surface area contributed by atoms with Crippen LogP contribution >= 0.6 is 15.9 Å². The quantitative estimate of drug-likeness (QED) is 0.866. The largest absolute Gasteiger partial charge is 0.475 e. The van der Waals surface area contributed by atoms with Crippen LogP contribution in [0.2, 0.25) is 0 Å². The molecule has 0 aliphatic carbocycles. The van der Waals surface area contributed by atoms with Crippen molar-refractivity contribution in [2.24, 2.45) is 0 Å². The molecule has 0 unspecified atom stereocenters. The number of carbonyl (C=O) groups is 1. The minimum Gasteiger partial charge on any atom is -0.475 e. The molecule has 0 aromatic carbocycles. The first-order valence-electron chi connectivity index (χ1n) is 5.43. The van der Waals surface area contributed by atoms with E-state index in [4.69, 9.17) is 9.52 Å². The lowest BCUT2D eigenvalue weighted by molar-refractivity contribution is 0.0661. The highest BCUT2D eigenvalue weighted by Gasteiger charge is 2.25. The smallest absolute Gasteiger partial charge is 0.371 e.